The lowest BCUT2D eigenvalue weighted by Gasteiger charge is -2.43. The number of hydrogen-bond acceptors (Lipinski definition) is 2. The molecule has 2 rings (SSSR count). The van der Waals surface area contributed by atoms with Crippen LogP contribution in [0, 0.1) is 11.3 Å². The molecule has 0 saturated heterocycles. The van der Waals surface area contributed by atoms with Crippen molar-refractivity contribution in [2.45, 2.75) is 45.4 Å². The molecule has 2 atom stereocenters. The molecule has 2 saturated carbocycles. The Kier molecular flexibility index (Phi) is 2.01. The predicted octanol–water partition coefficient (Wildman–Crippen LogP) is 2.11. The number of ketones is 2. The van der Waals surface area contributed by atoms with Crippen LogP contribution in [0.3, 0.4) is 0 Å². The summed E-state index contributed by atoms with van der Waals surface area (Å²) in [5.74, 6) is 0.682. The van der Waals surface area contributed by atoms with Gasteiger partial charge in [0.05, 0.1) is 0 Å². The Morgan fingerprint density at radius 2 is 2.00 bits per heavy atom. The fraction of sp³-hybridized carbons (Fsp3) is 0.818. The molecule has 0 aliphatic heterocycles. The van der Waals surface area contributed by atoms with Crippen molar-refractivity contribution in [3.05, 3.63) is 0 Å². The van der Waals surface area contributed by atoms with Gasteiger partial charge in [0.2, 0.25) is 0 Å². The zero-order chi connectivity index (χ0) is 9.47. The summed E-state index contributed by atoms with van der Waals surface area (Å²) in [5, 5.41) is 0. The Labute approximate surface area is 78.7 Å². The van der Waals surface area contributed by atoms with E-state index >= 15 is 0 Å². The third kappa shape index (κ3) is 1.43. The predicted molar refractivity (Wildman–Crippen MR) is 49.3 cm³/mol. The van der Waals surface area contributed by atoms with Crippen LogP contribution >= 0.6 is 0 Å². The molecular formula is C11H16O2. The van der Waals surface area contributed by atoms with Gasteiger partial charge in [-0.15, -0.1) is 0 Å². The molecule has 1 unspecified atom stereocenters. The van der Waals surface area contributed by atoms with Gasteiger partial charge in [-0.1, -0.05) is 6.92 Å². The minimum absolute atomic E-state index is 0.0579. The van der Waals surface area contributed by atoms with Gasteiger partial charge in [0, 0.05) is 25.2 Å². The van der Waals surface area contributed by atoms with E-state index in [1.807, 2.05) is 0 Å². The summed E-state index contributed by atoms with van der Waals surface area (Å²) in [6.45, 7) is 2.18. The Hall–Kier alpha value is -0.660. The molecule has 0 radical (unpaired) electrons. The third-order valence-corrected chi connectivity index (χ3v) is 3.81. The van der Waals surface area contributed by atoms with Crippen LogP contribution in [0.1, 0.15) is 45.4 Å². The second-order valence-electron chi connectivity index (χ2n) is 4.77. The van der Waals surface area contributed by atoms with Crippen LogP contribution in [-0.4, -0.2) is 11.6 Å². The topological polar surface area (TPSA) is 34.1 Å². The molecule has 2 fully saturated rings. The zero-order valence-corrected chi connectivity index (χ0v) is 8.14. The highest BCUT2D eigenvalue weighted by Crippen LogP contribution is 2.47. The van der Waals surface area contributed by atoms with Gasteiger partial charge in [-0.05, 0) is 24.7 Å². The standard InChI is InChI=1S/C11H16O2/c1-11-5-2-3-10(13)9(11)7-8(12)4-6-11/h9H,2-7H2,1H3/t9?,11-/m0/s1. The van der Waals surface area contributed by atoms with Gasteiger partial charge in [0.1, 0.15) is 11.6 Å². The maximum Gasteiger partial charge on any atom is 0.136 e. The van der Waals surface area contributed by atoms with E-state index in [1.54, 1.807) is 0 Å². The molecule has 0 spiro atoms. The largest absolute Gasteiger partial charge is 0.300 e. The second-order valence-corrected chi connectivity index (χ2v) is 4.77. The molecule has 0 aromatic carbocycles. The van der Waals surface area contributed by atoms with Crippen LogP contribution in [0.4, 0.5) is 0 Å². The second kappa shape index (κ2) is 2.93. The van der Waals surface area contributed by atoms with E-state index in [2.05, 4.69) is 6.92 Å². The monoisotopic (exact) mass is 180 g/mol. The van der Waals surface area contributed by atoms with E-state index in [4.69, 9.17) is 0 Å². The Morgan fingerprint density at radius 1 is 1.23 bits per heavy atom. The van der Waals surface area contributed by atoms with E-state index in [0.29, 0.717) is 25.0 Å². The number of fused-ring (bicyclic) bond motifs is 1. The average Bonchev–Trinajstić information content (AvgIpc) is 2.08. The van der Waals surface area contributed by atoms with E-state index in [9.17, 15) is 9.59 Å². The van der Waals surface area contributed by atoms with E-state index in [1.165, 1.54) is 0 Å². The fourth-order valence-electron chi connectivity index (χ4n) is 2.82. The van der Waals surface area contributed by atoms with Crippen molar-refractivity contribution in [3.63, 3.8) is 0 Å². The summed E-state index contributed by atoms with van der Waals surface area (Å²) >= 11 is 0. The zero-order valence-electron chi connectivity index (χ0n) is 8.14. The SMILES string of the molecule is C[C@@]12CCCC(=O)C1CC(=O)CC2. The van der Waals surface area contributed by atoms with Crippen molar-refractivity contribution in [2.75, 3.05) is 0 Å². The quantitative estimate of drug-likeness (QED) is 0.572. The highest BCUT2D eigenvalue weighted by molar-refractivity contribution is 5.90. The maximum absolute atomic E-state index is 11.6. The van der Waals surface area contributed by atoms with Crippen molar-refractivity contribution in [3.8, 4) is 0 Å². The lowest BCUT2D eigenvalue weighted by molar-refractivity contribution is -0.139. The minimum atomic E-state index is 0.0579. The van der Waals surface area contributed by atoms with Gasteiger partial charge in [0.25, 0.3) is 0 Å². The summed E-state index contributed by atoms with van der Waals surface area (Å²) in [6.07, 6.45) is 5.02. The number of hydrogen-bond donors (Lipinski definition) is 0. The average molecular weight is 180 g/mol. The summed E-state index contributed by atoms with van der Waals surface area (Å²) < 4.78 is 0. The van der Waals surface area contributed by atoms with Gasteiger partial charge in [-0.2, -0.15) is 0 Å². The first-order valence-electron chi connectivity index (χ1n) is 5.16. The van der Waals surface area contributed by atoms with Crippen molar-refractivity contribution in [2.24, 2.45) is 11.3 Å². The molecule has 2 nitrogen and oxygen atoms in total. The highest BCUT2D eigenvalue weighted by Gasteiger charge is 2.44. The van der Waals surface area contributed by atoms with Crippen LogP contribution in [0.15, 0.2) is 0 Å². The van der Waals surface area contributed by atoms with E-state index in [-0.39, 0.29) is 17.1 Å². The number of Topliss-reactive ketones (excluding diaryl/α,β-unsaturated/α-hetero) is 2. The molecule has 2 heteroatoms. The van der Waals surface area contributed by atoms with Crippen LogP contribution in [0.5, 0.6) is 0 Å². The van der Waals surface area contributed by atoms with Gasteiger partial charge in [-0.3, -0.25) is 9.59 Å². The lowest BCUT2D eigenvalue weighted by atomic mass is 9.60. The molecular weight excluding hydrogens is 164 g/mol. The summed E-state index contributed by atoms with van der Waals surface area (Å²) in [5.41, 5.74) is 0.156. The first-order valence-corrected chi connectivity index (χ1v) is 5.16. The normalized spacial score (nSPS) is 40.2. The Balaban J connectivity index is 2.22. The van der Waals surface area contributed by atoms with Crippen molar-refractivity contribution in [1.29, 1.82) is 0 Å². The molecule has 13 heavy (non-hydrogen) atoms. The Bertz CT molecular complexity index is 257. The van der Waals surface area contributed by atoms with Crippen LogP contribution in [-0.2, 0) is 9.59 Å². The van der Waals surface area contributed by atoms with Crippen molar-refractivity contribution >= 4 is 11.6 Å². The molecule has 0 aromatic heterocycles. The lowest BCUT2D eigenvalue weighted by Crippen LogP contribution is -2.42. The van der Waals surface area contributed by atoms with Crippen LogP contribution in [0.2, 0.25) is 0 Å². The number of rotatable bonds is 0. The molecule has 2 aliphatic carbocycles. The van der Waals surface area contributed by atoms with E-state index in [0.717, 1.165) is 19.3 Å². The summed E-state index contributed by atoms with van der Waals surface area (Å²) in [4.78, 5) is 22.9. The molecule has 72 valence electrons. The fourth-order valence-corrected chi connectivity index (χ4v) is 2.82. The molecule has 0 N–H and O–H groups in total. The summed E-state index contributed by atoms with van der Waals surface area (Å²) in [7, 11) is 0. The third-order valence-electron chi connectivity index (χ3n) is 3.81. The minimum Gasteiger partial charge on any atom is -0.300 e. The molecule has 0 heterocycles. The molecule has 0 bridgehead atoms. The maximum atomic E-state index is 11.6. The van der Waals surface area contributed by atoms with Crippen LogP contribution in [0.25, 0.3) is 0 Å². The molecule has 2 aliphatic rings. The van der Waals surface area contributed by atoms with Gasteiger partial charge < -0.3 is 0 Å². The molecule has 0 aromatic rings. The number of carbonyl (C=O) groups is 2. The summed E-state index contributed by atoms with van der Waals surface area (Å²) in [6, 6.07) is 0. The van der Waals surface area contributed by atoms with E-state index < -0.39 is 0 Å². The van der Waals surface area contributed by atoms with Crippen LogP contribution < -0.4 is 0 Å². The van der Waals surface area contributed by atoms with Gasteiger partial charge in [-0.25, -0.2) is 0 Å². The highest BCUT2D eigenvalue weighted by atomic mass is 16.1. The van der Waals surface area contributed by atoms with Crippen molar-refractivity contribution in [1.82, 2.24) is 0 Å². The molecule has 0 amide bonds. The number of carbonyl (C=O) groups excluding carboxylic acids is 2. The van der Waals surface area contributed by atoms with Gasteiger partial charge in [0.15, 0.2) is 0 Å². The Morgan fingerprint density at radius 3 is 2.77 bits per heavy atom. The van der Waals surface area contributed by atoms with Gasteiger partial charge >= 0.3 is 0 Å². The first kappa shape index (κ1) is 8.92. The smallest absolute Gasteiger partial charge is 0.136 e. The first-order chi connectivity index (χ1) is 6.12. The van der Waals surface area contributed by atoms with Crippen molar-refractivity contribution < 1.29 is 9.59 Å².